The first kappa shape index (κ1) is 20.5. The molecule has 0 aliphatic carbocycles. The molecule has 162 valence electrons. The summed E-state index contributed by atoms with van der Waals surface area (Å²) in [4.78, 5) is 20.1. The fraction of sp³-hybridized carbons (Fsp3) is 0.192. The molecule has 1 aromatic heterocycles. The van der Waals surface area contributed by atoms with Crippen LogP contribution in [0.1, 0.15) is 22.9 Å². The fourth-order valence-electron chi connectivity index (χ4n) is 4.49. The van der Waals surface area contributed by atoms with Gasteiger partial charge in [0.25, 0.3) is 0 Å². The van der Waals surface area contributed by atoms with Crippen molar-refractivity contribution in [3.8, 4) is 5.75 Å². The van der Waals surface area contributed by atoms with Gasteiger partial charge in [-0.2, -0.15) is 0 Å². The number of aromatic amines is 1. The van der Waals surface area contributed by atoms with E-state index in [9.17, 15) is 4.79 Å². The van der Waals surface area contributed by atoms with Crippen LogP contribution in [0.4, 0.5) is 10.5 Å². The number of thioether (sulfide) groups is 1. The number of nitrogens with one attached hydrogen (secondary N) is 2. The van der Waals surface area contributed by atoms with E-state index in [0.717, 1.165) is 39.5 Å². The van der Waals surface area contributed by atoms with Crippen molar-refractivity contribution >= 4 is 34.4 Å². The topological polar surface area (TPSA) is 57.4 Å². The monoisotopic (exact) mass is 443 g/mol. The lowest BCUT2D eigenvalue weighted by Gasteiger charge is -2.36. The van der Waals surface area contributed by atoms with E-state index in [4.69, 9.17) is 4.74 Å². The second kappa shape index (κ2) is 8.63. The second-order valence-corrected chi connectivity index (χ2v) is 8.72. The minimum absolute atomic E-state index is 0.103. The summed E-state index contributed by atoms with van der Waals surface area (Å²) in [5.41, 5.74) is 5.32. The van der Waals surface area contributed by atoms with Crippen LogP contribution < -0.4 is 10.1 Å². The maximum absolute atomic E-state index is 13.5. The number of aromatic nitrogens is 1. The lowest BCUT2D eigenvalue weighted by atomic mass is 9.92. The van der Waals surface area contributed by atoms with Gasteiger partial charge in [-0.15, -0.1) is 11.8 Å². The Bertz CT molecular complexity index is 1270. The van der Waals surface area contributed by atoms with E-state index < -0.39 is 0 Å². The lowest BCUT2D eigenvalue weighted by molar-refractivity contribution is 0.193. The van der Waals surface area contributed by atoms with Crippen LogP contribution in [0.15, 0.2) is 77.7 Å². The van der Waals surface area contributed by atoms with E-state index in [-0.39, 0.29) is 12.1 Å². The van der Waals surface area contributed by atoms with Crippen molar-refractivity contribution in [2.24, 2.45) is 0 Å². The molecule has 0 bridgehead atoms. The second-order valence-electron chi connectivity index (χ2n) is 7.84. The number of fused-ring (bicyclic) bond motifs is 3. The first-order valence-corrected chi connectivity index (χ1v) is 11.9. The third kappa shape index (κ3) is 3.71. The number of ether oxygens (including phenoxy) is 1. The number of benzene rings is 3. The molecule has 5 nitrogen and oxygen atoms in total. The smallest absolute Gasteiger partial charge is 0.322 e. The van der Waals surface area contributed by atoms with E-state index in [1.807, 2.05) is 65.8 Å². The van der Waals surface area contributed by atoms with E-state index in [1.54, 1.807) is 18.9 Å². The van der Waals surface area contributed by atoms with Crippen LogP contribution >= 0.6 is 11.8 Å². The number of nitrogens with zero attached hydrogens (tertiary/aromatic N) is 1. The summed E-state index contributed by atoms with van der Waals surface area (Å²) in [6, 6.07) is 24.0. The van der Waals surface area contributed by atoms with Crippen LogP contribution in [0, 0.1) is 0 Å². The Morgan fingerprint density at radius 3 is 2.69 bits per heavy atom. The molecule has 2 N–H and O–H groups in total. The van der Waals surface area contributed by atoms with Gasteiger partial charge in [0.05, 0.1) is 13.2 Å². The van der Waals surface area contributed by atoms with E-state index in [1.165, 1.54) is 10.9 Å². The van der Waals surface area contributed by atoms with Gasteiger partial charge in [-0.05, 0) is 60.2 Å². The van der Waals surface area contributed by atoms with Crippen LogP contribution in [-0.4, -0.2) is 35.8 Å². The maximum atomic E-state index is 13.5. The maximum Gasteiger partial charge on any atom is 0.322 e. The van der Waals surface area contributed by atoms with Crippen molar-refractivity contribution in [2.75, 3.05) is 25.2 Å². The van der Waals surface area contributed by atoms with Gasteiger partial charge in [0, 0.05) is 33.7 Å². The van der Waals surface area contributed by atoms with Gasteiger partial charge < -0.3 is 19.9 Å². The summed E-state index contributed by atoms with van der Waals surface area (Å²) in [6.07, 6.45) is 2.84. The Hall–Kier alpha value is -3.38. The number of rotatable bonds is 4. The molecule has 1 aliphatic rings. The minimum Gasteiger partial charge on any atom is -0.497 e. The van der Waals surface area contributed by atoms with Crippen molar-refractivity contribution in [3.05, 3.63) is 89.6 Å². The third-order valence-corrected chi connectivity index (χ3v) is 6.77. The van der Waals surface area contributed by atoms with Gasteiger partial charge in [-0.25, -0.2) is 4.79 Å². The SMILES string of the molecule is COc1ccc(C2c3[nH]c4ccccc4c3CCN2C(=O)Nc2cccc(SC)c2)cc1. The molecule has 0 spiro atoms. The first-order valence-electron chi connectivity index (χ1n) is 10.6. The molecule has 0 saturated carbocycles. The van der Waals surface area contributed by atoms with Crippen molar-refractivity contribution in [1.29, 1.82) is 0 Å². The molecule has 5 rings (SSSR count). The van der Waals surface area contributed by atoms with Crippen LogP contribution in [0.25, 0.3) is 10.9 Å². The molecule has 6 heteroatoms. The largest absolute Gasteiger partial charge is 0.497 e. The zero-order valence-electron chi connectivity index (χ0n) is 18.1. The standard InChI is InChI=1S/C26H25N3O2S/c1-31-19-12-10-17(11-13-19)25-24-22(21-8-3-4-9-23(21)28-24)14-15-29(25)26(30)27-18-6-5-7-20(16-18)32-2/h3-13,16,25,28H,14-15H2,1-2H3,(H,27,30). The summed E-state index contributed by atoms with van der Waals surface area (Å²) in [6.45, 7) is 0.638. The van der Waals surface area contributed by atoms with E-state index >= 15 is 0 Å². The number of anilines is 1. The number of H-pyrrole nitrogens is 1. The number of amides is 2. The molecule has 1 aliphatic heterocycles. The Kier molecular flexibility index (Phi) is 5.53. The Morgan fingerprint density at radius 1 is 1.09 bits per heavy atom. The molecule has 1 atom stereocenters. The van der Waals surface area contributed by atoms with E-state index in [2.05, 4.69) is 28.5 Å². The van der Waals surface area contributed by atoms with Crippen LogP contribution in [0.2, 0.25) is 0 Å². The zero-order chi connectivity index (χ0) is 22.1. The number of hydrogen-bond acceptors (Lipinski definition) is 3. The van der Waals surface area contributed by atoms with Gasteiger partial charge >= 0.3 is 6.03 Å². The first-order chi connectivity index (χ1) is 15.7. The average Bonchev–Trinajstić information content (AvgIpc) is 3.22. The Labute approximate surface area is 191 Å². The number of methoxy groups -OCH3 is 1. The van der Waals surface area contributed by atoms with Crippen molar-refractivity contribution in [2.45, 2.75) is 17.4 Å². The molecule has 4 aromatic rings. The van der Waals surface area contributed by atoms with Gasteiger partial charge in [0.15, 0.2) is 0 Å². The van der Waals surface area contributed by atoms with E-state index in [0.29, 0.717) is 6.54 Å². The highest BCUT2D eigenvalue weighted by atomic mass is 32.2. The normalized spacial score (nSPS) is 15.4. The fourth-order valence-corrected chi connectivity index (χ4v) is 4.95. The van der Waals surface area contributed by atoms with Crippen LogP contribution in [0.3, 0.4) is 0 Å². The third-order valence-electron chi connectivity index (χ3n) is 6.05. The summed E-state index contributed by atoms with van der Waals surface area (Å²) in [7, 11) is 1.66. The number of carbonyl (C=O) groups excluding carboxylic acids is 1. The Morgan fingerprint density at radius 2 is 1.91 bits per heavy atom. The molecule has 3 aromatic carbocycles. The van der Waals surface area contributed by atoms with Gasteiger partial charge in [-0.1, -0.05) is 36.4 Å². The number of urea groups is 1. The van der Waals surface area contributed by atoms with Crippen molar-refractivity contribution in [3.63, 3.8) is 0 Å². The summed E-state index contributed by atoms with van der Waals surface area (Å²) in [5.74, 6) is 0.798. The zero-order valence-corrected chi connectivity index (χ0v) is 18.9. The molecule has 32 heavy (non-hydrogen) atoms. The molecular formula is C26H25N3O2S. The molecule has 2 heterocycles. The molecule has 0 radical (unpaired) electrons. The van der Waals surface area contributed by atoms with Gasteiger partial charge in [-0.3, -0.25) is 0 Å². The number of hydrogen-bond donors (Lipinski definition) is 2. The molecular weight excluding hydrogens is 418 g/mol. The molecule has 0 saturated heterocycles. The van der Waals surface area contributed by atoms with Crippen molar-refractivity contribution < 1.29 is 9.53 Å². The van der Waals surface area contributed by atoms with Crippen LogP contribution in [-0.2, 0) is 6.42 Å². The predicted molar refractivity (Wildman–Crippen MR) is 131 cm³/mol. The lowest BCUT2D eigenvalue weighted by Crippen LogP contribution is -2.43. The summed E-state index contributed by atoms with van der Waals surface area (Å²) in [5, 5.41) is 4.34. The van der Waals surface area contributed by atoms with Crippen LogP contribution in [0.5, 0.6) is 5.75 Å². The van der Waals surface area contributed by atoms with Gasteiger partial charge in [0.1, 0.15) is 5.75 Å². The molecule has 2 amide bonds. The average molecular weight is 444 g/mol. The summed E-state index contributed by atoms with van der Waals surface area (Å²) < 4.78 is 5.35. The predicted octanol–water partition coefficient (Wildman–Crippen LogP) is 6.08. The number of para-hydroxylation sites is 1. The highest BCUT2D eigenvalue weighted by molar-refractivity contribution is 7.98. The highest BCUT2D eigenvalue weighted by Crippen LogP contribution is 2.39. The van der Waals surface area contributed by atoms with Crippen molar-refractivity contribution in [1.82, 2.24) is 9.88 Å². The highest BCUT2D eigenvalue weighted by Gasteiger charge is 2.34. The summed E-state index contributed by atoms with van der Waals surface area (Å²) >= 11 is 1.66. The molecule has 0 fully saturated rings. The minimum atomic E-state index is -0.208. The Balaban J connectivity index is 1.55. The quantitative estimate of drug-likeness (QED) is 0.376. The number of carbonyl (C=O) groups is 1. The molecule has 1 unspecified atom stereocenters. The van der Waals surface area contributed by atoms with Gasteiger partial charge in [0.2, 0.25) is 0 Å².